The molecular formula is C42H28N4. The minimum Gasteiger partial charge on any atom is -0.228 e. The SMILES string of the molecule is c1ccc(-c2cc(-c3cccc(-c4cccc(-c5nc(-c6ccccc6)c6ccccc6n5)c4)c3)nc(-c3ccccc3)n2)cc1. The molecule has 216 valence electrons. The lowest BCUT2D eigenvalue weighted by Crippen LogP contribution is -1.96. The Morgan fingerprint density at radius 2 is 0.761 bits per heavy atom. The van der Waals surface area contributed by atoms with Gasteiger partial charge in [-0.2, -0.15) is 0 Å². The number of aromatic nitrogens is 4. The second-order valence-electron chi connectivity index (χ2n) is 11.1. The monoisotopic (exact) mass is 588 g/mol. The lowest BCUT2D eigenvalue weighted by molar-refractivity contribution is 1.18. The summed E-state index contributed by atoms with van der Waals surface area (Å²) >= 11 is 0. The molecule has 0 aliphatic carbocycles. The maximum Gasteiger partial charge on any atom is 0.160 e. The van der Waals surface area contributed by atoms with Gasteiger partial charge in [-0.25, -0.2) is 19.9 Å². The Bertz CT molecular complexity index is 2240. The summed E-state index contributed by atoms with van der Waals surface area (Å²) in [6, 6.07) is 58.0. The first-order valence-corrected chi connectivity index (χ1v) is 15.3. The number of fused-ring (bicyclic) bond motifs is 1. The number of hydrogen-bond acceptors (Lipinski definition) is 4. The van der Waals surface area contributed by atoms with Gasteiger partial charge in [-0.05, 0) is 35.4 Å². The van der Waals surface area contributed by atoms with E-state index in [0.29, 0.717) is 11.6 Å². The number of para-hydroxylation sites is 1. The number of rotatable bonds is 6. The minimum atomic E-state index is 0.700. The number of nitrogens with zero attached hydrogens (tertiary/aromatic N) is 4. The molecule has 46 heavy (non-hydrogen) atoms. The van der Waals surface area contributed by atoms with Crippen LogP contribution in [-0.2, 0) is 0 Å². The molecule has 0 amide bonds. The molecule has 0 aliphatic rings. The number of benzene rings is 6. The van der Waals surface area contributed by atoms with Gasteiger partial charge in [-0.3, -0.25) is 0 Å². The van der Waals surface area contributed by atoms with E-state index in [0.717, 1.165) is 66.9 Å². The van der Waals surface area contributed by atoms with Gasteiger partial charge in [-0.1, -0.05) is 146 Å². The molecule has 0 aliphatic heterocycles. The summed E-state index contributed by atoms with van der Waals surface area (Å²) in [4.78, 5) is 20.1. The zero-order valence-corrected chi connectivity index (χ0v) is 25.0. The zero-order chi connectivity index (χ0) is 30.7. The summed E-state index contributed by atoms with van der Waals surface area (Å²) in [6.45, 7) is 0. The van der Waals surface area contributed by atoms with E-state index in [4.69, 9.17) is 19.9 Å². The molecule has 8 rings (SSSR count). The standard InChI is InChI=1S/C42H28N4/c1-4-14-29(15-5-1)38-28-39(45-41(44-38)31-18-8-3-9-19-31)34-22-12-20-32(26-34)33-21-13-23-35(27-33)42-43-37-25-11-10-24-36(37)40(46-42)30-16-6-2-7-17-30/h1-28H. The van der Waals surface area contributed by atoms with Crippen LogP contribution in [0.1, 0.15) is 0 Å². The highest BCUT2D eigenvalue weighted by Gasteiger charge is 2.14. The highest BCUT2D eigenvalue weighted by Crippen LogP contribution is 2.33. The van der Waals surface area contributed by atoms with Crippen molar-refractivity contribution in [3.63, 3.8) is 0 Å². The van der Waals surface area contributed by atoms with Crippen LogP contribution in [0.15, 0.2) is 170 Å². The van der Waals surface area contributed by atoms with Crippen LogP contribution in [0.5, 0.6) is 0 Å². The third-order valence-corrected chi connectivity index (χ3v) is 8.09. The molecule has 6 aromatic carbocycles. The first-order valence-electron chi connectivity index (χ1n) is 15.3. The van der Waals surface area contributed by atoms with E-state index in [1.54, 1.807) is 0 Å². The van der Waals surface area contributed by atoms with E-state index < -0.39 is 0 Å². The summed E-state index contributed by atoms with van der Waals surface area (Å²) < 4.78 is 0. The fourth-order valence-corrected chi connectivity index (χ4v) is 5.79. The predicted octanol–water partition coefficient (Wildman–Crippen LogP) is 10.4. The minimum absolute atomic E-state index is 0.700. The van der Waals surface area contributed by atoms with Crippen molar-refractivity contribution in [2.45, 2.75) is 0 Å². The molecule has 0 radical (unpaired) electrons. The van der Waals surface area contributed by atoms with Crippen LogP contribution in [-0.4, -0.2) is 19.9 Å². The fourth-order valence-electron chi connectivity index (χ4n) is 5.79. The van der Waals surface area contributed by atoms with Crippen molar-refractivity contribution in [3.05, 3.63) is 170 Å². The lowest BCUT2D eigenvalue weighted by Gasteiger charge is -2.12. The Balaban J connectivity index is 1.21. The average Bonchev–Trinajstić information content (AvgIpc) is 3.15. The van der Waals surface area contributed by atoms with E-state index in [2.05, 4.69) is 91.0 Å². The van der Waals surface area contributed by atoms with Gasteiger partial charge in [-0.15, -0.1) is 0 Å². The third-order valence-electron chi connectivity index (χ3n) is 8.09. The molecule has 2 heterocycles. The molecule has 0 saturated heterocycles. The van der Waals surface area contributed by atoms with Crippen LogP contribution in [0.25, 0.3) is 78.6 Å². The topological polar surface area (TPSA) is 51.6 Å². The first kappa shape index (κ1) is 27.3. The van der Waals surface area contributed by atoms with Crippen molar-refractivity contribution in [2.75, 3.05) is 0 Å². The Morgan fingerprint density at radius 1 is 0.283 bits per heavy atom. The quantitative estimate of drug-likeness (QED) is 0.194. The normalized spacial score (nSPS) is 11.0. The molecule has 2 aromatic heterocycles. The summed E-state index contributed by atoms with van der Waals surface area (Å²) in [5, 5.41) is 1.04. The molecule has 0 atom stereocenters. The van der Waals surface area contributed by atoms with Gasteiger partial charge in [0.05, 0.1) is 22.6 Å². The molecule has 0 fully saturated rings. The second-order valence-corrected chi connectivity index (χ2v) is 11.1. The molecular weight excluding hydrogens is 560 g/mol. The van der Waals surface area contributed by atoms with Gasteiger partial charge in [0, 0.05) is 33.2 Å². The lowest BCUT2D eigenvalue weighted by atomic mass is 9.98. The van der Waals surface area contributed by atoms with Crippen LogP contribution in [0.3, 0.4) is 0 Å². The predicted molar refractivity (Wildman–Crippen MR) is 188 cm³/mol. The van der Waals surface area contributed by atoms with E-state index >= 15 is 0 Å². The highest BCUT2D eigenvalue weighted by molar-refractivity contribution is 5.93. The van der Waals surface area contributed by atoms with E-state index in [1.807, 2.05) is 78.9 Å². The Hall–Kier alpha value is -6.26. The van der Waals surface area contributed by atoms with Crippen LogP contribution >= 0.6 is 0 Å². The van der Waals surface area contributed by atoms with Crippen LogP contribution in [0.2, 0.25) is 0 Å². The van der Waals surface area contributed by atoms with Crippen molar-refractivity contribution < 1.29 is 0 Å². The summed E-state index contributed by atoms with van der Waals surface area (Å²) in [5.41, 5.74) is 10.9. The summed E-state index contributed by atoms with van der Waals surface area (Å²) in [7, 11) is 0. The molecule has 0 spiro atoms. The fraction of sp³-hybridized carbons (Fsp3) is 0. The molecule has 0 bridgehead atoms. The number of hydrogen-bond donors (Lipinski definition) is 0. The molecule has 4 heteroatoms. The molecule has 0 N–H and O–H groups in total. The summed E-state index contributed by atoms with van der Waals surface area (Å²) in [5.74, 6) is 1.40. The van der Waals surface area contributed by atoms with Crippen molar-refractivity contribution >= 4 is 10.9 Å². The smallest absolute Gasteiger partial charge is 0.160 e. The van der Waals surface area contributed by atoms with Crippen molar-refractivity contribution in [2.24, 2.45) is 0 Å². The Morgan fingerprint density at radius 3 is 1.46 bits per heavy atom. The maximum absolute atomic E-state index is 5.09. The van der Waals surface area contributed by atoms with E-state index in [9.17, 15) is 0 Å². The molecule has 0 unspecified atom stereocenters. The molecule has 8 aromatic rings. The molecule has 0 saturated carbocycles. The van der Waals surface area contributed by atoms with Crippen molar-refractivity contribution in [3.8, 4) is 67.7 Å². The van der Waals surface area contributed by atoms with Gasteiger partial charge in [0.25, 0.3) is 0 Å². The maximum atomic E-state index is 5.09. The summed E-state index contributed by atoms with van der Waals surface area (Å²) in [6.07, 6.45) is 0. The van der Waals surface area contributed by atoms with E-state index in [-0.39, 0.29) is 0 Å². The van der Waals surface area contributed by atoms with Gasteiger partial charge < -0.3 is 0 Å². The molecule has 4 nitrogen and oxygen atoms in total. The van der Waals surface area contributed by atoms with Gasteiger partial charge in [0.2, 0.25) is 0 Å². The van der Waals surface area contributed by atoms with E-state index in [1.165, 1.54) is 0 Å². The van der Waals surface area contributed by atoms with Crippen molar-refractivity contribution in [1.29, 1.82) is 0 Å². The Kier molecular flexibility index (Phi) is 7.14. The third kappa shape index (κ3) is 5.44. The average molecular weight is 589 g/mol. The Labute approximate surface area is 267 Å². The van der Waals surface area contributed by atoms with Gasteiger partial charge in [0.1, 0.15) is 0 Å². The zero-order valence-electron chi connectivity index (χ0n) is 25.0. The van der Waals surface area contributed by atoms with Crippen molar-refractivity contribution in [1.82, 2.24) is 19.9 Å². The second kappa shape index (κ2) is 12.0. The van der Waals surface area contributed by atoms with Crippen LogP contribution < -0.4 is 0 Å². The largest absolute Gasteiger partial charge is 0.228 e. The van der Waals surface area contributed by atoms with Crippen LogP contribution in [0, 0.1) is 0 Å². The highest BCUT2D eigenvalue weighted by atomic mass is 14.9. The van der Waals surface area contributed by atoms with Crippen LogP contribution in [0.4, 0.5) is 0 Å². The van der Waals surface area contributed by atoms with Gasteiger partial charge in [0.15, 0.2) is 11.6 Å². The first-order chi connectivity index (χ1) is 22.8. The van der Waals surface area contributed by atoms with Gasteiger partial charge >= 0.3 is 0 Å².